The number of carbonyl (C=O) groups excluding carboxylic acids is 1. The molecule has 2 aromatic rings. The highest BCUT2D eigenvalue weighted by Crippen LogP contribution is 2.32. The highest BCUT2D eigenvalue weighted by atomic mass is 79.9. The molecule has 2 rings (SSSR count). The van der Waals surface area contributed by atoms with Crippen LogP contribution in [0.15, 0.2) is 32.7 Å². The van der Waals surface area contributed by atoms with Crippen molar-refractivity contribution in [1.29, 1.82) is 0 Å². The molecule has 0 atom stereocenters. The second-order valence-corrected chi connectivity index (χ2v) is 6.85. The standard InChI is InChI=1S/C12H10Br2N2O2S/c1-18-10-4-7(2-3-15-10)6-16-12(17)9-5-8(13)11(14)19-9/h2-5H,6H2,1H3,(H,16,17). The van der Waals surface area contributed by atoms with Gasteiger partial charge < -0.3 is 10.1 Å². The van der Waals surface area contributed by atoms with Crippen LogP contribution in [0.3, 0.4) is 0 Å². The largest absolute Gasteiger partial charge is 0.481 e. The van der Waals surface area contributed by atoms with Gasteiger partial charge in [-0.1, -0.05) is 0 Å². The molecule has 100 valence electrons. The summed E-state index contributed by atoms with van der Waals surface area (Å²) in [6.45, 7) is 0.435. The second-order valence-electron chi connectivity index (χ2n) is 3.62. The Bertz CT molecular complexity index is 582. The maximum absolute atomic E-state index is 11.9. The molecule has 0 saturated heterocycles. The van der Waals surface area contributed by atoms with E-state index in [9.17, 15) is 4.79 Å². The van der Waals surface area contributed by atoms with Crippen molar-refractivity contribution in [3.05, 3.63) is 43.1 Å². The van der Waals surface area contributed by atoms with Crippen molar-refractivity contribution in [1.82, 2.24) is 10.3 Å². The molecule has 7 heteroatoms. The van der Waals surface area contributed by atoms with E-state index in [1.165, 1.54) is 11.3 Å². The lowest BCUT2D eigenvalue weighted by atomic mass is 10.2. The van der Waals surface area contributed by atoms with Crippen molar-refractivity contribution in [2.24, 2.45) is 0 Å². The molecular formula is C12H10Br2N2O2S. The van der Waals surface area contributed by atoms with E-state index in [0.717, 1.165) is 13.8 Å². The maximum Gasteiger partial charge on any atom is 0.261 e. The Kier molecular flexibility index (Phi) is 4.95. The number of ether oxygens (including phenoxy) is 1. The van der Waals surface area contributed by atoms with Crippen molar-refractivity contribution >= 4 is 49.1 Å². The van der Waals surface area contributed by atoms with Gasteiger partial charge >= 0.3 is 0 Å². The molecule has 0 bridgehead atoms. The van der Waals surface area contributed by atoms with Gasteiger partial charge in [-0.15, -0.1) is 11.3 Å². The lowest BCUT2D eigenvalue weighted by molar-refractivity contribution is 0.0955. The van der Waals surface area contributed by atoms with Gasteiger partial charge in [0, 0.05) is 23.3 Å². The van der Waals surface area contributed by atoms with Crippen molar-refractivity contribution in [3.63, 3.8) is 0 Å². The van der Waals surface area contributed by atoms with Gasteiger partial charge in [-0.25, -0.2) is 4.98 Å². The fourth-order valence-electron chi connectivity index (χ4n) is 1.40. The molecule has 0 radical (unpaired) electrons. The van der Waals surface area contributed by atoms with Crippen LogP contribution in [0.25, 0.3) is 0 Å². The Labute approximate surface area is 131 Å². The van der Waals surface area contributed by atoms with Gasteiger partial charge in [-0.3, -0.25) is 4.79 Å². The SMILES string of the molecule is COc1cc(CNC(=O)c2cc(Br)c(Br)s2)ccn1. The fourth-order valence-corrected chi connectivity index (χ4v) is 3.35. The van der Waals surface area contributed by atoms with Gasteiger partial charge in [0.1, 0.15) is 0 Å². The van der Waals surface area contributed by atoms with Gasteiger partial charge in [-0.2, -0.15) is 0 Å². The monoisotopic (exact) mass is 404 g/mol. The third-order valence-electron chi connectivity index (χ3n) is 2.33. The van der Waals surface area contributed by atoms with E-state index >= 15 is 0 Å². The molecule has 2 heterocycles. The van der Waals surface area contributed by atoms with Crippen LogP contribution in [0.1, 0.15) is 15.2 Å². The molecule has 0 saturated carbocycles. The third kappa shape index (κ3) is 3.77. The highest BCUT2D eigenvalue weighted by molar-refractivity contribution is 9.13. The lowest BCUT2D eigenvalue weighted by Crippen LogP contribution is -2.21. The molecule has 4 nitrogen and oxygen atoms in total. The molecule has 0 aliphatic rings. The predicted molar refractivity (Wildman–Crippen MR) is 81.7 cm³/mol. The lowest BCUT2D eigenvalue weighted by Gasteiger charge is -2.05. The number of aromatic nitrogens is 1. The van der Waals surface area contributed by atoms with Gasteiger partial charge in [0.25, 0.3) is 5.91 Å². The summed E-state index contributed by atoms with van der Waals surface area (Å²) in [4.78, 5) is 16.6. The zero-order chi connectivity index (χ0) is 13.8. The number of nitrogens with one attached hydrogen (secondary N) is 1. The summed E-state index contributed by atoms with van der Waals surface area (Å²) in [5.74, 6) is 0.431. The van der Waals surface area contributed by atoms with Crippen LogP contribution in [-0.2, 0) is 6.54 Å². The normalized spacial score (nSPS) is 10.3. The van der Waals surface area contributed by atoms with Crippen molar-refractivity contribution in [3.8, 4) is 5.88 Å². The molecule has 0 aliphatic carbocycles. The first-order chi connectivity index (χ1) is 9.10. The minimum Gasteiger partial charge on any atom is -0.481 e. The number of halogens is 2. The number of rotatable bonds is 4. The first kappa shape index (κ1) is 14.5. The maximum atomic E-state index is 11.9. The Morgan fingerprint density at radius 1 is 1.47 bits per heavy atom. The quantitative estimate of drug-likeness (QED) is 0.845. The van der Waals surface area contributed by atoms with E-state index in [2.05, 4.69) is 42.2 Å². The van der Waals surface area contributed by atoms with E-state index in [4.69, 9.17) is 4.74 Å². The number of nitrogens with zero attached hydrogens (tertiary/aromatic N) is 1. The molecular weight excluding hydrogens is 396 g/mol. The van der Waals surface area contributed by atoms with Crippen LogP contribution in [0.4, 0.5) is 0 Å². The average Bonchev–Trinajstić information content (AvgIpc) is 2.76. The van der Waals surface area contributed by atoms with E-state index in [0.29, 0.717) is 17.3 Å². The Hall–Kier alpha value is -0.920. The number of hydrogen-bond acceptors (Lipinski definition) is 4. The minimum atomic E-state index is -0.104. The van der Waals surface area contributed by atoms with Crippen LogP contribution in [0.2, 0.25) is 0 Å². The average molecular weight is 406 g/mol. The summed E-state index contributed by atoms with van der Waals surface area (Å²) >= 11 is 8.11. The zero-order valence-corrected chi connectivity index (χ0v) is 13.9. The number of methoxy groups -OCH3 is 1. The molecule has 0 unspecified atom stereocenters. The topological polar surface area (TPSA) is 51.2 Å². The zero-order valence-electron chi connectivity index (χ0n) is 9.94. The third-order valence-corrected chi connectivity index (χ3v) is 5.59. The first-order valence-corrected chi connectivity index (χ1v) is 7.72. The Morgan fingerprint density at radius 2 is 2.26 bits per heavy atom. The van der Waals surface area contributed by atoms with Crippen molar-refractivity contribution in [2.45, 2.75) is 6.54 Å². The summed E-state index contributed by atoms with van der Waals surface area (Å²) in [5.41, 5.74) is 0.940. The summed E-state index contributed by atoms with van der Waals surface area (Å²) in [7, 11) is 1.56. The van der Waals surface area contributed by atoms with E-state index in [1.807, 2.05) is 6.07 Å². The summed E-state index contributed by atoms with van der Waals surface area (Å²) in [5, 5.41) is 2.85. The molecule has 0 fully saturated rings. The number of amides is 1. The van der Waals surface area contributed by atoms with Crippen LogP contribution in [0, 0.1) is 0 Å². The number of thiophene rings is 1. The molecule has 2 aromatic heterocycles. The number of pyridine rings is 1. The summed E-state index contributed by atoms with van der Waals surface area (Å²) in [6.07, 6.45) is 1.65. The van der Waals surface area contributed by atoms with E-state index in [1.54, 1.807) is 25.4 Å². The Balaban J connectivity index is 2.00. The minimum absolute atomic E-state index is 0.104. The summed E-state index contributed by atoms with van der Waals surface area (Å²) < 4.78 is 6.82. The summed E-state index contributed by atoms with van der Waals surface area (Å²) in [6, 6.07) is 5.42. The van der Waals surface area contributed by atoms with E-state index < -0.39 is 0 Å². The van der Waals surface area contributed by atoms with Gasteiger partial charge in [0.2, 0.25) is 5.88 Å². The van der Waals surface area contributed by atoms with Crippen LogP contribution >= 0.6 is 43.2 Å². The number of carbonyl (C=O) groups is 1. The van der Waals surface area contributed by atoms with Crippen molar-refractivity contribution in [2.75, 3.05) is 7.11 Å². The van der Waals surface area contributed by atoms with Gasteiger partial charge in [0.05, 0.1) is 15.8 Å². The molecule has 1 N–H and O–H groups in total. The first-order valence-electron chi connectivity index (χ1n) is 5.32. The smallest absolute Gasteiger partial charge is 0.261 e. The van der Waals surface area contributed by atoms with Crippen LogP contribution in [-0.4, -0.2) is 18.0 Å². The number of hydrogen-bond donors (Lipinski definition) is 1. The van der Waals surface area contributed by atoms with Gasteiger partial charge in [0.15, 0.2) is 0 Å². The molecule has 19 heavy (non-hydrogen) atoms. The predicted octanol–water partition coefficient (Wildman–Crippen LogP) is 3.61. The molecule has 0 aliphatic heterocycles. The molecule has 0 spiro atoms. The molecule has 1 amide bonds. The second kappa shape index (κ2) is 6.49. The van der Waals surface area contributed by atoms with Crippen LogP contribution < -0.4 is 10.1 Å². The van der Waals surface area contributed by atoms with Crippen molar-refractivity contribution < 1.29 is 9.53 Å². The van der Waals surface area contributed by atoms with E-state index in [-0.39, 0.29) is 5.91 Å². The van der Waals surface area contributed by atoms with Crippen LogP contribution in [0.5, 0.6) is 5.88 Å². The highest BCUT2D eigenvalue weighted by Gasteiger charge is 2.11. The fraction of sp³-hybridized carbons (Fsp3) is 0.167. The molecule has 0 aromatic carbocycles. The van der Waals surface area contributed by atoms with Gasteiger partial charge in [-0.05, 0) is 49.6 Å². The Morgan fingerprint density at radius 3 is 2.89 bits per heavy atom.